The Morgan fingerprint density at radius 2 is 1.63 bits per heavy atom. The number of carbonyl (C=O) groups excluding carboxylic acids is 2. The minimum Gasteiger partial charge on any atom is -0.487 e. The van der Waals surface area contributed by atoms with Crippen LogP contribution in [0.1, 0.15) is 42.3 Å². The van der Waals surface area contributed by atoms with Crippen molar-refractivity contribution in [3.8, 4) is 5.75 Å². The molecule has 0 bridgehead atoms. The van der Waals surface area contributed by atoms with Gasteiger partial charge in [0.25, 0.3) is 5.91 Å². The van der Waals surface area contributed by atoms with E-state index in [1.165, 1.54) is 19.2 Å². The number of rotatable bonds is 6. The summed E-state index contributed by atoms with van der Waals surface area (Å²) in [6.07, 6.45) is -4.44. The first-order valence-electron chi connectivity index (χ1n) is 10.7. The van der Waals surface area contributed by atoms with E-state index in [1.807, 2.05) is 0 Å². The van der Waals surface area contributed by atoms with Gasteiger partial charge in [0.15, 0.2) is 0 Å². The van der Waals surface area contributed by atoms with Gasteiger partial charge in [0.1, 0.15) is 18.4 Å². The third kappa shape index (κ3) is 6.25. The van der Waals surface area contributed by atoms with Crippen LogP contribution >= 0.6 is 11.6 Å². The van der Waals surface area contributed by atoms with Crippen molar-refractivity contribution >= 4 is 34.2 Å². The van der Waals surface area contributed by atoms with E-state index in [4.69, 9.17) is 21.1 Å². The summed E-state index contributed by atoms with van der Waals surface area (Å²) in [6, 6.07) is 12.0. The first-order valence-corrected chi connectivity index (χ1v) is 11.1. The van der Waals surface area contributed by atoms with Gasteiger partial charge in [-0.1, -0.05) is 56.6 Å². The third-order valence-electron chi connectivity index (χ3n) is 5.42. The molecule has 0 aliphatic heterocycles. The van der Waals surface area contributed by atoms with Crippen molar-refractivity contribution in [3.63, 3.8) is 0 Å². The minimum absolute atomic E-state index is 0.0935. The van der Waals surface area contributed by atoms with Gasteiger partial charge in [-0.05, 0) is 46.7 Å². The van der Waals surface area contributed by atoms with Gasteiger partial charge in [-0.25, -0.2) is 4.79 Å². The third-order valence-corrected chi connectivity index (χ3v) is 5.66. The van der Waals surface area contributed by atoms with Crippen molar-refractivity contribution in [2.45, 2.75) is 39.6 Å². The molecule has 186 valence electrons. The van der Waals surface area contributed by atoms with Crippen molar-refractivity contribution in [1.29, 1.82) is 0 Å². The number of fused-ring (bicyclic) bond motifs is 1. The Hall–Kier alpha value is -3.26. The molecule has 5 nitrogen and oxygen atoms in total. The van der Waals surface area contributed by atoms with Gasteiger partial charge in [-0.2, -0.15) is 13.2 Å². The summed E-state index contributed by atoms with van der Waals surface area (Å²) in [5.41, 5.74) is -0.783. The lowest BCUT2D eigenvalue weighted by atomic mass is 9.86. The SMILES string of the molecule is COC(=O)[C@@H](NC(=O)c1ccc2ccc(Cl)cc2c1OCc1ccc(C(F)(F)F)cc1)C(C)(C)C. The number of methoxy groups -OCH3 is 1. The summed E-state index contributed by atoms with van der Waals surface area (Å²) in [7, 11) is 1.24. The zero-order valence-corrected chi connectivity index (χ0v) is 20.4. The highest BCUT2D eigenvalue weighted by molar-refractivity contribution is 6.31. The Morgan fingerprint density at radius 3 is 2.20 bits per heavy atom. The number of alkyl halides is 3. The molecule has 0 aliphatic carbocycles. The van der Waals surface area contributed by atoms with Gasteiger partial charge in [0.05, 0.1) is 18.2 Å². The minimum atomic E-state index is -4.44. The number of halogens is 4. The summed E-state index contributed by atoms with van der Waals surface area (Å²) in [6.45, 7) is 5.27. The van der Waals surface area contributed by atoms with Crippen molar-refractivity contribution in [3.05, 3.63) is 76.3 Å². The lowest BCUT2D eigenvalue weighted by Crippen LogP contribution is -2.49. The molecule has 0 saturated carbocycles. The van der Waals surface area contributed by atoms with Gasteiger partial charge in [0.2, 0.25) is 0 Å². The van der Waals surface area contributed by atoms with Crippen LogP contribution < -0.4 is 10.1 Å². The maximum Gasteiger partial charge on any atom is 0.416 e. The fourth-order valence-corrected chi connectivity index (χ4v) is 3.67. The molecule has 0 saturated heterocycles. The number of amides is 1. The number of hydrogen-bond donors (Lipinski definition) is 1. The lowest BCUT2D eigenvalue weighted by molar-refractivity contribution is -0.145. The quantitative estimate of drug-likeness (QED) is 0.392. The van der Waals surface area contributed by atoms with Crippen LogP contribution in [0.15, 0.2) is 54.6 Å². The van der Waals surface area contributed by atoms with Crippen molar-refractivity contribution in [1.82, 2.24) is 5.32 Å². The highest BCUT2D eigenvalue weighted by Crippen LogP contribution is 2.34. The van der Waals surface area contributed by atoms with Crippen molar-refractivity contribution < 1.29 is 32.2 Å². The van der Waals surface area contributed by atoms with Crippen LogP contribution in [0.25, 0.3) is 10.8 Å². The zero-order valence-electron chi connectivity index (χ0n) is 19.6. The molecule has 0 fully saturated rings. The number of ether oxygens (including phenoxy) is 2. The largest absolute Gasteiger partial charge is 0.487 e. The van der Waals surface area contributed by atoms with Gasteiger partial charge in [-0.3, -0.25) is 4.79 Å². The van der Waals surface area contributed by atoms with E-state index in [-0.39, 0.29) is 17.9 Å². The number of carbonyl (C=O) groups is 2. The molecule has 0 aliphatic rings. The van der Waals surface area contributed by atoms with Gasteiger partial charge >= 0.3 is 12.1 Å². The Balaban J connectivity index is 1.98. The molecule has 0 unspecified atom stereocenters. The second-order valence-electron chi connectivity index (χ2n) is 9.09. The highest BCUT2D eigenvalue weighted by Gasteiger charge is 2.34. The second-order valence-corrected chi connectivity index (χ2v) is 9.52. The molecular formula is C26H25ClF3NO4. The van der Waals surface area contributed by atoms with Crippen LogP contribution in [0.5, 0.6) is 5.75 Å². The lowest BCUT2D eigenvalue weighted by Gasteiger charge is -2.29. The summed E-state index contributed by atoms with van der Waals surface area (Å²) in [5.74, 6) is -0.971. The summed E-state index contributed by atoms with van der Waals surface area (Å²) in [4.78, 5) is 25.6. The molecule has 3 rings (SSSR count). The van der Waals surface area contributed by atoms with E-state index in [0.717, 1.165) is 17.5 Å². The number of hydrogen-bond acceptors (Lipinski definition) is 4. The molecule has 1 atom stereocenters. The molecule has 0 aromatic heterocycles. The predicted octanol–water partition coefficient (Wildman–Crippen LogP) is 6.41. The van der Waals surface area contributed by atoms with Gasteiger partial charge in [-0.15, -0.1) is 0 Å². The molecule has 3 aromatic carbocycles. The fourth-order valence-electron chi connectivity index (χ4n) is 3.50. The normalized spacial score (nSPS) is 12.8. The van der Waals surface area contributed by atoms with Crippen LogP contribution in [-0.4, -0.2) is 25.0 Å². The molecule has 0 spiro atoms. The number of esters is 1. The fraction of sp³-hybridized carbons (Fsp3) is 0.308. The molecule has 9 heteroatoms. The Labute approximate surface area is 206 Å². The molecular weight excluding hydrogens is 483 g/mol. The van der Waals surface area contributed by atoms with E-state index in [1.54, 1.807) is 51.1 Å². The van der Waals surface area contributed by atoms with Crippen molar-refractivity contribution in [2.24, 2.45) is 5.41 Å². The molecule has 35 heavy (non-hydrogen) atoms. The maximum atomic E-state index is 13.3. The van der Waals surface area contributed by atoms with E-state index < -0.39 is 35.1 Å². The highest BCUT2D eigenvalue weighted by atomic mass is 35.5. The summed E-state index contributed by atoms with van der Waals surface area (Å²) < 4.78 is 49.4. The van der Waals surface area contributed by atoms with Crippen molar-refractivity contribution in [2.75, 3.05) is 7.11 Å². The van der Waals surface area contributed by atoms with E-state index in [2.05, 4.69) is 5.32 Å². The smallest absolute Gasteiger partial charge is 0.416 e. The molecule has 0 radical (unpaired) electrons. The van der Waals surface area contributed by atoms with Gasteiger partial charge in [0, 0.05) is 10.4 Å². The standard InChI is InChI=1S/C26H25ClF3NO4/c1-25(2,3)22(24(33)34-4)31-23(32)19-12-8-16-7-11-18(27)13-20(16)21(19)35-14-15-5-9-17(10-6-15)26(28,29)30/h5-13,22H,14H2,1-4H3,(H,31,32)/t22-/m1/s1. The van der Waals surface area contributed by atoms with Crippen LogP contribution in [-0.2, 0) is 22.3 Å². The molecule has 0 heterocycles. The van der Waals surface area contributed by atoms with E-state index in [0.29, 0.717) is 16.0 Å². The van der Waals surface area contributed by atoms with Crippen LogP contribution in [0.3, 0.4) is 0 Å². The second kappa shape index (κ2) is 10.2. The molecule has 1 amide bonds. The first-order chi connectivity index (χ1) is 16.3. The van der Waals surface area contributed by atoms with E-state index in [9.17, 15) is 22.8 Å². The summed E-state index contributed by atoms with van der Waals surface area (Å²) >= 11 is 6.18. The van der Waals surface area contributed by atoms with E-state index >= 15 is 0 Å². The van der Waals surface area contributed by atoms with Crippen LogP contribution in [0.2, 0.25) is 5.02 Å². The van der Waals surface area contributed by atoms with Crippen LogP contribution in [0.4, 0.5) is 13.2 Å². The molecule has 1 N–H and O–H groups in total. The maximum absolute atomic E-state index is 13.3. The Bertz CT molecular complexity index is 1230. The molecule has 3 aromatic rings. The van der Waals surface area contributed by atoms with Gasteiger partial charge < -0.3 is 14.8 Å². The monoisotopic (exact) mass is 507 g/mol. The number of benzene rings is 3. The van der Waals surface area contributed by atoms with Crippen LogP contribution in [0, 0.1) is 5.41 Å². The zero-order chi connectivity index (χ0) is 26.0. The first kappa shape index (κ1) is 26.3. The Kier molecular flexibility index (Phi) is 7.65. The topological polar surface area (TPSA) is 64.6 Å². The Morgan fingerprint density at radius 1 is 1.00 bits per heavy atom. The average molecular weight is 508 g/mol. The predicted molar refractivity (Wildman–Crippen MR) is 127 cm³/mol. The average Bonchev–Trinajstić information content (AvgIpc) is 2.79. The number of nitrogens with one attached hydrogen (secondary N) is 1. The summed E-state index contributed by atoms with van der Waals surface area (Å²) in [5, 5.41) is 4.42.